The molecule has 0 spiro atoms. The number of fused-ring (bicyclic) bond motifs is 2. The summed E-state index contributed by atoms with van der Waals surface area (Å²) in [6, 6.07) is 1.96. The highest BCUT2D eigenvalue weighted by atomic mass is 35.5. The lowest BCUT2D eigenvalue weighted by Gasteiger charge is -2.28. The minimum absolute atomic E-state index is 0.217. The number of nitrogens with zero attached hydrogens (tertiary/aromatic N) is 3. The van der Waals surface area contributed by atoms with E-state index >= 15 is 0 Å². The van der Waals surface area contributed by atoms with Crippen LogP contribution in [0.25, 0.3) is 16.8 Å². The molecule has 0 radical (unpaired) electrons. The van der Waals surface area contributed by atoms with Crippen LogP contribution in [-0.4, -0.2) is 32.8 Å². The van der Waals surface area contributed by atoms with Gasteiger partial charge in [0.25, 0.3) is 5.91 Å². The lowest BCUT2D eigenvalue weighted by Crippen LogP contribution is -2.41. The number of alkyl halides is 3. The highest BCUT2D eigenvalue weighted by Crippen LogP contribution is 2.55. The van der Waals surface area contributed by atoms with E-state index in [9.17, 15) is 18.0 Å². The van der Waals surface area contributed by atoms with Crippen molar-refractivity contribution in [1.82, 2.24) is 14.3 Å². The van der Waals surface area contributed by atoms with E-state index in [1.165, 1.54) is 41.5 Å². The first-order chi connectivity index (χ1) is 16.3. The number of imidazole rings is 1. The van der Waals surface area contributed by atoms with E-state index in [1.54, 1.807) is 25.3 Å². The summed E-state index contributed by atoms with van der Waals surface area (Å²) in [5.41, 5.74) is -1.09. The first kappa shape index (κ1) is 22.6. The number of rotatable bonds is 2. The summed E-state index contributed by atoms with van der Waals surface area (Å²) >= 11 is 6.31. The van der Waals surface area contributed by atoms with Crippen LogP contribution in [0.5, 0.6) is 0 Å². The van der Waals surface area contributed by atoms with Crippen LogP contribution in [0.4, 0.5) is 13.2 Å². The molecule has 3 aromatic heterocycles. The third-order valence-corrected chi connectivity index (χ3v) is 7.02. The maximum atomic E-state index is 13.7. The third-order valence-electron chi connectivity index (χ3n) is 6.66. The Hall–Kier alpha value is -3.18. The molecule has 2 aliphatic carbocycles. The standard InChI is InChI=1S/C20H13ClF3N3O2.C5H8/c1-2-14-5-3-4-7-26(14)19(28)16-17(21)27-10-13(12-6-8-29-11-12)9-15(18(27)25-16)20(22,23)24;1-2-5-3-4(1)5/h1,3-4,6,8-11,14H,5,7H2;4-5H,1-3H2. The molecule has 0 aromatic carbocycles. The summed E-state index contributed by atoms with van der Waals surface area (Å²) < 4.78 is 47.1. The van der Waals surface area contributed by atoms with Crippen molar-refractivity contribution in [2.75, 3.05) is 6.54 Å². The van der Waals surface area contributed by atoms with E-state index in [0.717, 1.165) is 10.5 Å². The molecule has 3 aromatic rings. The molecule has 2 saturated carbocycles. The maximum Gasteiger partial charge on any atom is 0.420 e. The van der Waals surface area contributed by atoms with Crippen molar-refractivity contribution in [3.63, 3.8) is 0 Å². The molecular formula is C25H21ClF3N3O2. The number of hydrogen-bond donors (Lipinski definition) is 0. The summed E-state index contributed by atoms with van der Waals surface area (Å²) in [7, 11) is 0. The Morgan fingerprint density at radius 2 is 2.00 bits per heavy atom. The van der Waals surface area contributed by atoms with Crippen molar-refractivity contribution in [2.24, 2.45) is 11.8 Å². The quantitative estimate of drug-likeness (QED) is 0.325. The van der Waals surface area contributed by atoms with Crippen molar-refractivity contribution in [1.29, 1.82) is 0 Å². The van der Waals surface area contributed by atoms with Gasteiger partial charge in [0.2, 0.25) is 0 Å². The molecule has 0 saturated heterocycles. The molecular weight excluding hydrogens is 467 g/mol. The number of carbonyl (C=O) groups excluding carboxylic acids is 1. The minimum Gasteiger partial charge on any atom is -0.472 e. The number of terminal acetylenes is 1. The monoisotopic (exact) mass is 487 g/mol. The Bertz CT molecular complexity index is 1290. The maximum absolute atomic E-state index is 13.7. The molecule has 3 unspecified atom stereocenters. The molecule has 3 atom stereocenters. The average Bonchev–Trinajstić information content (AvgIpc) is 3.20. The molecule has 9 heteroatoms. The topological polar surface area (TPSA) is 50.8 Å². The van der Waals surface area contributed by atoms with Gasteiger partial charge in [0.05, 0.1) is 24.1 Å². The Morgan fingerprint density at radius 1 is 1.24 bits per heavy atom. The minimum atomic E-state index is -4.70. The van der Waals surface area contributed by atoms with E-state index in [2.05, 4.69) is 10.9 Å². The van der Waals surface area contributed by atoms with Crippen molar-refractivity contribution in [3.05, 3.63) is 59.4 Å². The number of carbonyl (C=O) groups is 1. The van der Waals surface area contributed by atoms with Gasteiger partial charge >= 0.3 is 6.18 Å². The highest BCUT2D eigenvalue weighted by molar-refractivity contribution is 6.33. The predicted octanol–water partition coefficient (Wildman–Crippen LogP) is 6.09. The molecule has 6 rings (SSSR count). The fraction of sp³-hybridized carbons (Fsp3) is 0.360. The second-order valence-electron chi connectivity index (χ2n) is 8.78. The van der Waals surface area contributed by atoms with Crippen molar-refractivity contribution in [2.45, 2.75) is 37.9 Å². The molecule has 0 bridgehead atoms. The van der Waals surface area contributed by atoms with Gasteiger partial charge in [-0.1, -0.05) is 29.7 Å². The smallest absolute Gasteiger partial charge is 0.420 e. The number of furan rings is 1. The van der Waals surface area contributed by atoms with Gasteiger partial charge in [-0.05, 0) is 49.7 Å². The van der Waals surface area contributed by atoms with Gasteiger partial charge in [-0.2, -0.15) is 13.2 Å². The van der Waals surface area contributed by atoms with Crippen LogP contribution in [0.1, 0.15) is 41.7 Å². The fourth-order valence-corrected chi connectivity index (χ4v) is 4.67. The Balaban J connectivity index is 0.000000418. The van der Waals surface area contributed by atoms with Gasteiger partial charge < -0.3 is 9.32 Å². The average molecular weight is 488 g/mol. The highest BCUT2D eigenvalue weighted by Gasteiger charge is 2.44. The zero-order chi connectivity index (χ0) is 24.0. The van der Waals surface area contributed by atoms with Gasteiger partial charge in [0.1, 0.15) is 5.15 Å². The van der Waals surface area contributed by atoms with Crippen LogP contribution in [0.3, 0.4) is 0 Å². The van der Waals surface area contributed by atoms with Crippen LogP contribution >= 0.6 is 11.6 Å². The summed E-state index contributed by atoms with van der Waals surface area (Å²) in [4.78, 5) is 18.3. The molecule has 4 heterocycles. The zero-order valence-corrected chi connectivity index (χ0v) is 18.8. The van der Waals surface area contributed by atoms with Crippen LogP contribution < -0.4 is 0 Å². The molecule has 1 aliphatic heterocycles. The van der Waals surface area contributed by atoms with E-state index in [4.69, 9.17) is 22.4 Å². The molecule has 5 nitrogen and oxygen atoms in total. The van der Waals surface area contributed by atoms with E-state index in [0.29, 0.717) is 12.0 Å². The molecule has 0 N–H and O–H groups in total. The molecule has 1 amide bonds. The zero-order valence-electron chi connectivity index (χ0n) is 18.1. The second-order valence-corrected chi connectivity index (χ2v) is 9.14. The van der Waals surface area contributed by atoms with Crippen LogP contribution in [0.2, 0.25) is 5.15 Å². The first-order valence-electron chi connectivity index (χ1n) is 11.0. The van der Waals surface area contributed by atoms with Gasteiger partial charge in [0, 0.05) is 23.9 Å². The van der Waals surface area contributed by atoms with Crippen LogP contribution in [0, 0.1) is 24.2 Å². The Morgan fingerprint density at radius 3 is 2.56 bits per heavy atom. The predicted molar refractivity (Wildman–Crippen MR) is 121 cm³/mol. The summed E-state index contributed by atoms with van der Waals surface area (Å²) in [6.45, 7) is 0.226. The van der Waals surface area contributed by atoms with Gasteiger partial charge in [0.15, 0.2) is 11.3 Å². The van der Waals surface area contributed by atoms with E-state index in [1.807, 2.05) is 6.08 Å². The van der Waals surface area contributed by atoms with Crippen LogP contribution in [-0.2, 0) is 6.18 Å². The van der Waals surface area contributed by atoms with Gasteiger partial charge in [-0.15, -0.1) is 6.42 Å². The van der Waals surface area contributed by atoms with Crippen molar-refractivity contribution < 1.29 is 22.4 Å². The number of hydrogen-bond acceptors (Lipinski definition) is 3. The summed E-state index contributed by atoms with van der Waals surface area (Å²) in [5, 5.41) is -0.217. The molecule has 3 aliphatic rings. The number of aromatic nitrogens is 2. The Labute approximate surface area is 199 Å². The second kappa shape index (κ2) is 8.55. The fourth-order valence-electron chi connectivity index (χ4n) is 4.42. The summed E-state index contributed by atoms with van der Waals surface area (Å²) in [6.07, 6.45) is 13.6. The van der Waals surface area contributed by atoms with E-state index < -0.39 is 29.3 Å². The van der Waals surface area contributed by atoms with Crippen LogP contribution in [0.15, 0.2) is 47.4 Å². The molecule has 34 heavy (non-hydrogen) atoms. The van der Waals surface area contributed by atoms with Crippen molar-refractivity contribution >= 4 is 23.2 Å². The summed E-state index contributed by atoms with van der Waals surface area (Å²) in [5.74, 6) is 4.35. The first-order valence-corrected chi connectivity index (χ1v) is 11.4. The molecule has 2 fully saturated rings. The third kappa shape index (κ3) is 4.09. The number of pyridine rings is 1. The lowest BCUT2D eigenvalue weighted by molar-refractivity contribution is -0.136. The lowest BCUT2D eigenvalue weighted by atomic mass is 10.0. The van der Waals surface area contributed by atoms with Gasteiger partial charge in [-0.3, -0.25) is 9.20 Å². The SMILES string of the molecule is C#CC1CC=CCN1C(=O)c1nc2c(C(F)(F)F)cc(-c3ccoc3)cn2c1Cl.C1CC2CC12. The Kier molecular flexibility index (Phi) is 5.68. The largest absolute Gasteiger partial charge is 0.472 e. The number of halogens is 4. The van der Waals surface area contributed by atoms with E-state index in [-0.39, 0.29) is 23.0 Å². The normalized spacial score (nSPS) is 22.9. The van der Waals surface area contributed by atoms with Gasteiger partial charge in [-0.25, -0.2) is 4.98 Å². The van der Waals surface area contributed by atoms with Crippen molar-refractivity contribution in [3.8, 4) is 23.5 Å². The number of amides is 1. The molecule has 176 valence electrons.